The van der Waals surface area contributed by atoms with Gasteiger partial charge in [-0.3, -0.25) is 9.99 Å². The molecular weight excluding hydrogens is 392 g/mol. The number of likely N-dealkylation sites (N-methyl/N-ethyl adjacent to an activating group) is 1. The molecule has 1 atom stereocenters. The smallest absolute Gasteiger partial charge is 0.124 e. The Morgan fingerprint density at radius 1 is 1.06 bits per heavy atom. The molecule has 1 aromatic heterocycles. The molecule has 2 heterocycles. The van der Waals surface area contributed by atoms with E-state index in [4.69, 9.17) is 20.2 Å². The Hall–Kier alpha value is -3.39. The number of methoxy groups -OCH3 is 2. The van der Waals surface area contributed by atoms with Crippen molar-refractivity contribution >= 4 is 28.6 Å². The van der Waals surface area contributed by atoms with E-state index in [0.29, 0.717) is 6.54 Å². The fourth-order valence-corrected chi connectivity index (χ4v) is 3.71. The average Bonchev–Trinajstić information content (AvgIpc) is 3.24. The highest BCUT2D eigenvalue weighted by Crippen LogP contribution is 2.34. The summed E-state index contributed by atoms with van der Waals surface area (Å²) in [4.78, 5) is 11.7. The first-order valence-electron chi connectivity index (χ1n) is 10.3. The molecule has 0 bridgehead atoms. The third-order valence-corrected chi connectivity index (χ3v) is 5.37. The summed E-state index contributed by atoms with van der Waals surface area (Å²) in [5, 5.41) is 6.24. The van der Waals surface area contributed by atoms with Crippen molar-refractivity contribution < 1.29 is 9.47 Å². The van der Waals surface area contributed by atoms with Crippen LogP contribution >= 0.6 is 0 Å². The second-order valence-electron chi connectivity index (χ2n) is 7.54. The average molecular weight is 421 g/mol. The van der Waals surface area contributed by atoms with E-state index in [1.165, 1.54) is 0 Å². The van der Waals surface area contributed by atoms with Crippen LogP contribution in [0.15, 0.2) is 47.7 Å². The van der Waals surface area contributed by atoms with Crippen molar-refractivity contribution in [3.05, 3.63) is 48.3 Å². The van der Waals surface area contributed by atoms with Crippen LogP contribution in [0.3, 0.4) is 0 Å². The summed E-state index contributed by atoms with van der Waals surface area (Å²) < 4.78 is 10.9. The molecule has 2 aromatic carbocycles. The Morgan fingerprint density at radius 3 is 2.48 bits per heavy atom. The van der Waals surface area contributed by atoms with Gasteiger partial charge in [-0.25, -0.2) is 4.98 Å². The molecule has 0 spiro atoms. The molecule has 0 saturated heterocycles. The predicted octanol–water partition coefficient (Wildman–Crippen LogP) is 3.15. The van der Waals surface area contributed by atoms with Gasteiger partial charge >= 0.3 is 0 Å². The normalized spacial score (nSPS) is 15.5. The summed E-state index contributed by atoms with van der Waals surface area (Å²) in [6.07, 6.45) is 4.61. The lowest BCUT2D eigenvalue weighted by atomic mass is 10.1. The van der Waals surface area contributed by atoms with Crippen molar-refractivity contribution in [2.45, 2.75) is 12.3 Å². The number of benzene rings is 2. The molecule has 31 heavy (non-hydrogen) atoms. The van der Waals surface area contributed by atoms with Crippen LogP contribution in [0.1, 0.15) is 18.0 Å². The molecule has 3 aromatic rings. The van der Waals surface area contributed by atoms with Gasteiger partial charge in [0.1, 0.15) is 11.5 Å². The zero-order valence-corrected chi connectivity index (χ0v) is 18.2. The number of hydrogen-bond donors (Lipinski definition) is 1. The van der Waals surface area contributed by atoms with Crippen molar-refractivity contribution in [3.8, 4) is 11.5 Å². The van der Waals surface area contributed by atoms with E-state index >= 15 is 0 Å². The first-order valence-corrected chi connectivity index (χ1v) is 10.3. The summed E-state index contributed by atoms with van der Waals surface area (Å²) >= 11 is 0. The van der Waals surface area contributed by atoms with Crippen molar-refractivity contribution in [2.75, 3.05) is 45.8 Å². The van der Waals surface area contributed by atoms with Gasteiger partial charge in [0.2, 0.25) is 0 Å². The van der Waals surface area contributed by atoms with E-state index in [1.807, 2.05) is 48.7 Å². The zero-order chi connectivity index (χ0) is 21.8. The Kier molecular flexibility index (Phi) is 6.18. The number of nitrogens with zero attached hydrogens (tertiary/aromatic N) is 5. The van der Waals surface area contributed by atoms with Crippen LogP contribution in [0.5, 0.6) is 11.5 Å². The molecule has 0 amide bonds. The number of hydrazone groups is 1. The van der Waals surface area contributed by atoms with Gasteiger partial charge in [0, 0.05) is 62.1 Å². The quantitative estimate of drug-likeness (QED) is 0.599. The molecule has 0 fully saturated rings. The topological polar surface area (TPSA) is 89.1 Å². The van der Waals surface area contributed by atoms with Gasteiger partial charge in [0.25, 0.3) is 0 Å². The minimum absolute atomic E-state index is 0.154. The van der Waals surface area contributed by atoms with E-state index in [9.17, 15) is 0 Å². The number of anilines is 2. The molecule has 2 N–H and O–H groups in total. The second kappa shape index (κ2) is 9.18. The number of rotatable bonds is 8. The second-order valence-corrected chi connectivity index (χ2v) is 7.54. The Balaban J connectivity index is 1.74. The lowest BCUT2D eigenvalue weighted by molar-refractivity contribution is 0.380. The predicted molar refractivity (Wildman–Crippen MR) is 124 cm³/mol. The van der Waals surface area contributed by atoms with Crippen molar-refractivity contribution in [2.24, 2.45) is 10.8 Å². The van der Waals surface area contributed by atoms with Gasteiger partial charge in [0.15, 0.2) is 0 Å². The molecule has 162 valence electrons. The molecule has 1 unspecified atom stereocenters. The summed E-state index contributed by atoms with van der Waals surface area (Å²) in [6.45, 7) is 2.17. The molecule has 0 saturated carbocycles. The van der Waals surface area contributed by atoms with Gasteiger partial charge < -0.3 is 20.1 Å². The van der Waals surface area contributed by atoms with E-state index in [0.717, 1.165) is 59.1 Å². The molecule has 8 heteroatoms. The number of ether oxygens (including phenoxy) is 2. The molecule has 1 aliphatic rings. The Labute approximate surface area is 182 Å². The number of aromatic nitrogens is 2. The monoisotopic (exact) mass is 420 g/mol. The third kappa shape index (κ3) is 4.54. The largest absolute Gasteiger partial charge is 0.497 e. The molecule has 0 radical (unpaired) electrons. The zero-order valence-electron chi connectivity index (χ0n) is 18.2. The van der Waals surface area contributed by atoms with Crippen LogP contribution in [-0.2, 0) is 0 Å². The van der Waals surface area contributed by atoms with Crippen LogP contribution in [0, 0.1) is 0 Å². The first kappa shape index (κ1) is 20.9. The molecular formula is C23H28N6O2. The van der Waals surface area contributed by atoms with Gasteiger partial charge in [-0.05, 0) is 31.2 Å². The number of fused-ring (bicyclic) bond motifs is 1. The van der Waals surface area contributed by atoms with E-state index in [-0.39, 0.29) is 5.92 Å². The Bertz CT molecular complexity index is 1060. The minimum atomic E-state index is 0.154. The first-order chi connectivity index (χ1) is 15.1. The van der Waals surface area contributed by atoms with Crippen molar-refractivity contribution in [1.29, 1.82) is 0 Å². The van der Waals surface area contributed by atoms with Gasteiger partial charge in [-0.2, -0.15) is 5.10 Å². The fourth-order valence-electron chi connectivity index (χ4n) is 3.71. The molecule has 8 nitrogen and oxygen atoms in total. The summed E-state index contributed by atoms with van der Waals surface area (Å²) in [5.74, 6) is 1.63. The van der Waals surface area contributed by atoms with E-state index in [1.54, 1.807) is 14.2 Å². The highest BCUT2D eigenvalue weighted by Gasteiger charge is 2.19. The summed E-state index contributed by atoms with van der Waals surface area (Å²) in [7, 11) is 5.26. The highest BCUT2D eigenvalue weighted by atomic mass is 16.5. The van der Waals surface area contributed by atoms with E-state index < -0.39 is 0 Å². The summed E-state index contributed by atoms with van der Waals surface area (Å²) in [5.41, 5.74) is 10.4. The van der Waals surface area contributed by atoms with Gasteiger partial charge in [-0.1, -0.05) is 0 Å². The molecule has 0 aliphatic carbocycles. The minimum Gasteiger partial charge on any atom is -0.497 e. The van der Waals surface area contributed by atoms with Crippen LogP contribution in [0.25, 0.3) is 11.0 Å². The summed E-state index contributed by atoms with van der Waals surface area (Å²) in [6, 6.07) is 12.0. The van der Waals surface area contributed by atoms with Gasteiger partial charge in [0.05, 0.1) is 36.9 Å². The van der Waals surface area contributed by atoms with E-state index in [2.05, 4.69) is 27.1 Å². The maximum atomic E-state index is 5.82. The lowest BCUT2D eigenvalue weighted by Crippen LogP contribution is -2.21. The maximum Gasteiger partial charge on any atom is 0.124 e. The number of nitrogens with two attached hydrogens (primary N) is 1. The van der Waals surface area contributed by atoms with Crippen LogP contribution in [-0.4, -0.2) is 62.1 Å². The number of hydrogen-bond acceptors (Lipinski definition) is 8. The lowest BCUT2D eigenvalue weighted by Gasteiger charge is -2.26. The van der Waals surface area contributed by atoms with Crippen molar-refractivity contribution in [1.82, 2.24) is 15.0 Å². The SMILES string of the molecule is COc1cc(OC)cc(N(CCCN)c2ccc3ncc(C4C=NN(C)C4)nc3c2)c1. The standard InChI is InChI=1S/C23H28N6O2/c1-28-15-16(13-26-28)23-14-25-21-6-5-17(11-22(21)27-23)29(8-4-7-24)18-9-19(30-2)12-20(10-18)31-3/h5-6,9-14,16H,4,7-8,15,24H2,1-3H3. The molecule has 1 aliphatic heterocycles. The van der Waals surface area contributed by atoms with Crippen LogP contribution in [0.2, 0.25) is 0 Å². The highest BCUT2D eigenvalue weighted by molar-refractivity contribution is 5.82. The fraction of sp³-hybridized carbons (Fsp3) is 0.348. The van der Waals surface area contributed by atoms with Gasteiger partial charge in [-0.15, -0.1) is 0 Å². The Morgan fingerprint density at radius 2 is 1.84 bits per heavy atom. The van der Waals surface area contributed by atoms with Crippen LogP contribution < -0.4 is 20.1 Å². The van der Waals surface area contributed by atoms with Crippen LogP contribution in [0.4, 0.5) is 11.4 Å². The molecule has 4 rings (SSSR count). The maximum absolute atomic E-state index is 5.82. The third-order valence-electron chi connectivity index (χ3n) is 5.37. The van der Waals surface area contributed by atoms with Crippen molar-refractivity contribution in [3.63, 3.8) is 0 Å².